The van der Waals surface area contributed by atoms with E-state index in [4.69, 9.17) is 16.3 Å². The number of halogens is 4. The van der Waals surface area contributed by atoms with Crippen LogP contribution in [0, 0.1) is 0 Å². The Bertz CT molecular complexity index is 1760. The number of nitrogens with one attached hydrogen (secondary N) is 1. The van der Waals surface area contributed by atoms with E-state index in [0.29, 0.717) is 35.7 Å². The summed E-state index contributed by atoms with van der Waals surface area (Å²) in [5, 5.41) is 17.0. The first-order valence-electron chi connectivity index (χ1n) is 11.4. The maximum Gasteiger partial charge on any atom is 0.417 e. The molecule has 1 aliphatic carbocycles. The molecule has 6 rings (SSSR count). The highest BCUT2D eigenvalue weighted by atomic mass is 35.5. The van der Waals surface area contributed by atoms with E-state index < -0.39 is 29.4 Å². The molecule has 5 aromatic rings. The van der Waals surface area contributed by atoms with Gasteiger partial charge in [-0.3, -0.25) is 9.78 Å². The van der Waals surface area contributed by atoms with Gasteiger partial charge in [0.1, 0.15) is 21.7 Å². The second-order valence-electron chi connectivity index (χ2n) is 8.81. The summed E-state index contributed by atoms with van der Waals surface area (Å²) >= 11 is 6.62. The Kier molecular flexibility index (Phi) is 5.54. The van der Waals surface area contributed by atoms with Crippen molar-refractivity contribution in [2.45, 2.75) is 31.2 Å². The van der Waals surface area contributed by atoms with Crippen LogP contribution in [0.15, 0.2) is 48.0 Å². The number of hydrogen-bond donors (Lipinski definition) is 2. The van der Waals surface area contributed by atoms with Crippen molar-refractivity contribution in [3.05, 3.63) is 64.2 Å². The minimum absolute atomic E-state index is 0.0314. The van der Waals surface area contributed by atoms with Gasteiger partial charge in [-0.25, -0.2) is 9.50 Å². The molecule has 2 N–H and O–H groups in total. The quantitative estimate of drug-likeness (QED) is 0.338. The molecule has 11 nitrogen and oxygen atoms in total. The fourth-order valence-corrected chi connectivity index (χ4v) is 4.61. The van der Waals surface area contributed by atoms with E-state index in [9.17, 15) is 23.1 Å². The van der Waals surface area contributed by atoms with Crippen molar-refractivity contribution in [1.29, 1.82) is 0 Å². The molecule has 2 atom stereocenters. The molecule has 0 bridgehead atoms. The molecular formula is C23H18ClF3N8O3. The highest BCUT2D eigenvalue weighted by molar-refractivity contribution is 6.36. The zero-order valence-electron chi connectivity index (χ0n) is 19.5. The zero-order valence-corrected chi connectivity index (χ0v) is 20.3. The van der Waals surface area contributed by atoms with Gasteiger partial charge < -0.3 is 24.3 Å². The summed E-state index contributed by atoms with van der Waals surface area (Å²) in [6, 6.07) is -0.0248. The van der Waals surface area contributed by atoms with Crippen molar-refractivity contribution in [2.75, 3.05) is 5.32 Å². The molecule has 0 saturated heterocycles. The number of imidazole rings is 1. The van der Waals surface area contributed by atoms with Gasteiger partial charge in [-0.15, -0.1) is 0 Å². The van der Waals surface area contributed by atoms with Crippen molar-refractivity contribution >= 4 is 39.9 Å². The van der Waals surface area contributed by atoms with Crippen LogP contribution in [0.25, 0.3) is 16.7 Å². The van der Waals surface area contributed by atoms with E-state index in [-0.39, 0.29) is 28.1 Å². The summed E-state index contributed by atoms with van der Waals surface area (Å²) in [6.07, 6.45) is 3.55. The number of aliphatic hydroxyl groups is 1. The van der Waals surface area contributed by atoms with Gasteiger partial charge in [-0.1, -0.05) is 11.6 Å². The van der Waals surface area contributed by atoms with Gasteiger partial charge in [0.2, 0.25) is 5.95 Å². The molecule has 0 spiro atoms. The van der Waals surface area contributed by atoms with Gasteiger partial charge in [0.15, 0.2) is 17.1 Å². The Hall–Kier alpha value is -4.17. The van der Waals surface area contributed by atoms with Crippen LogP contribution in [-0.2, 0) is 13.2 Å². The summed E-state index contributed by atoms with van der Waals surface area (Å²) < 4.78 is 50.7. The van der Waals surface area contributed by atoms with E-state index in [2.05, 4.69) is 25.4 Å². The minimum atomic E-state index is -4.71. The topological polar surface area (TPSA) is 124 Å². The van der Waals surface area contributed by atoms with Gasteiger partial charge >= 0.3 is 6.18 Å². The molecule has 15 heteroatoms. The Morgan fingerprint density at radius 3 is 2.74 bits per heavy atom. The first-order chi connectivity index (χ1) is 18.1. The van der Waals surface area contributed by atoms with E-state index in [0.717, 1.165) is 10.8 Å². The van der Waals surface area contributed by atoms with E-state index >= 15 is 0 Å². The summed E-state index contributed by atoms with van der Waals surface area (Å²) in [4.78, 5) is 25.7. The number of fused-ring (bicyclic) bond motifs is 2. The third-order valence-electron chi connectivity index (χ3n) is 6.49. The number of rotatable bonds is 5. The van der Waals surface area contributed by atoms with E-state index in [1.807, 2.05) is 0 Å². The summed E-state index contributed by atoms with van der Waals surface area (Å²) in [6.45, 7) is 0. The Balaban J connectivity index is 1.39. The Labute approximate surface area is 216 Å². The molecule has 196 valence electrons. The van der Waals surface area contributed by atoms with Crippen molar-refractivity contribution in [3.8, 4) is 11.5 Å². The lowest BCUT2D eigenvalue weighted by molar-refractivity contribution is -0.138. The minimum Gasteiger partial charge on any atom is -0.450 e. The maximum absolute atomic E-state index is 13.6. The summed E-state index contributed by atoms with van der Waals surface area (Å²) in [5.74, 6) is 0.598. The highest BCUT2D eigenvalue weighted by Crippen LogP contribution is 2.38. The Morgan fingerprint density at radius 2 is 2.03 bits per heavy atom. The summed E-state index contributed by atoms with van der Waals surface area (Å²) in [5.41, 5.74) is -1.03. The maximum atomic E-state index is 13.6. The van der Waals surface area contributed by atoms with Gasteiger partial charge in [0.05, 0.1) is 36.3 Å². The number of pyridine rings is 2. The number of anilines is 2. The highest BCUT2D eigenvalue weighted by Gasteiger charge is 2.36. The average molecular weight is 547 g/mol. The monoisotopic (exact) mass is 546 g/mol. The molecule has 2 unspecified atom stereocenters. The number of aromatic nitrogens is 7. The lowest BCUT2D eigenvalue weighted by Crippen LogP contribution is -2.40. The normalized spacial score (nSPS) is 17.6. The SMILES string of the molecule is Cn1c(Nc2cc(C(F)(F)F)cn(C3CCC3O)c2=O)nc2ncc(Oc3cnn4ccncc34)c(Cl)c21. The average Bonchev–Trinajstić information content (AvgIpc) is 3.42. The first kappa shape index (κ1) is 24.2. The molecule has 38 heavy (non-hydrogen) atoms. The first-order valence-corrected chi connectivity index (χ1v) is 11.7. The predicted molar refractivity (Wildman–Crippen MR) is 130 cm³/mol. The number of hydrogen-bond acceptors (Lipinski definition) is 8. The smallest absolute Gasteiger partial charge is 0.417 e. The van der Waals surface area contributed by atoms with Crippen molar-refractivity contribution < 1.29 is 23.0 Å². The molecule has 0 aromatic carbocycles. The van der Waals surface area contributed by atoms with E-state index in [1.165, 1.54) is 17.0 Å². The van der Waals surface area contributed by atoms with Gasteiger partial charge in [-0.05, 0) is 18.9 Å². The van der Waals surface area contributed by atoms with Crippen molar-refractivity contribution in [3.63, 3.8) is 0 Å². The number of aliphatic hydroxyl groups excluding tert-OH is 1. The number of aryl methyl sites for hydroxylation is 1. The van der Waals surface area contributed by atoms with Crippen LogP contribution in [0.5, 0.6) is 11.5 Å². The fraction of sp³-hybridized carbons (Fsp3) is 0.261. The molecule has 0 radical (unpaired) electrons. The molecule has 1 fully saturated rings. The number of ether oxygens (including phenoxy) is 1. The molecule has 1 saturated carbocycles. The second kappa shape index (κ2) is 8.70. The third-order valence-corrected chi connectivity index (χ3v) is 6.86. The predicted octanol–water partition coefficient (Wildman–Crippen LogP) is 4.08. The molecule has 1 aliphatic rings. The van der Waals surface area contributed by atoms with Crippen LogP contribution >= 0.6 is 11.6 Å². The molecule has 0 amide bonds. The van der Waals surface area contributed by atoms with Crippen LogP contribution in [0.3, 0.4) is 0 Å². The van der Waals surface area contributed by atoms with Crippen molar-refractivity contribution in [1.82, 2.24) is 33.7 Å². The Morgan fingerprint density at radius 1 is 1.21 bits per heavy atom. The van der Waals surface area contributed by atoms with Crippen LogP contribution in [0.1, 0.15) is 24.4 Å². The largest absolute Gasteiger partial charge is 0.450 e. The number of alkyl halides is 3. The second-order valence-corrected chi connectivity index (χ2v) is 9.19. The molecule has 5 heterocycles. The van der Waals surface area contributed by atoms with Gasteiger partial charge in [-0.2, -0.15) is 23.3 Å². The zero-order chi connectivity index (χ0) is 26.8. The van der Waals surface area contributed by atoms with Crippen LogP contribution in [0.2, 0.25) is 5.02 Å². The standard InChI is InChI=1S/C23H18ClF3N8O3/c1-33-19-18(24)17(38-16-9-30-35-5-4-28-7-14(16)35)8-29-20(19)32-22(33)31-12-6-11(23(25,26)27)10-34(21(12)37)13-2-3-15(13)36/h4-10,13,15,36H,2-3H2,1H3,(H,29,31,32). The van der Waals surface area contributed by atoms with Crippen molar-refractivity contribution in [2.24, 2.45) is 7.05 Å². The van der Waals surface area contributed by atoms with E-state index in [1.54, 1.807) is 30.2 Å². The third kappa shape index (κ3) is 3.92. The van der Waals surface area contributed by atoms with Gasteiger partial charge in [0.25, 0.3) is 5.56 Å². The lowest BCUT2D eigenvalue weighted by Gasteiger charge is -2.34. The molecular weight excluding hydrogens is 529 g/mol. The number of nitrogens with zero attached hydrogens (tertiary/aromatic N) is 7. The van der Waals surface area contributed by atoms with Gasteiger partial charge in [0, 0.05) is 25.6 Å². The van der Waals surface area contributed by atoms with Crippen LogP contribution in [-0.4, -0.2) is 44.9 Å². The van der Waals surface area contributed by atoms with Crippen LogP contribution < -0.4 is 15.6 Å². The molecule has 0 aliphatic heterocycles. The van der Waals surface area contributed by atoms with Crippen LogP contribution in [0.4, 0.5) is 24.8 Å². The molecule has 5 aromatic heterocycles. The summed E-state index contributed by atoms with van der Waals surface area (Å²) in [7, 11) is 1.57. The lowest BCUT2D eigenvalue weighted by atomic mass is 9.89. The fourth-order valence-electron chi connectivity index (χ4n) is 4.31.